The zero-order chi connectivity index (χ0) is 19.5. The van der Waals surface area contributed by atoms with Gasteiger partial charge in [0.15, 0.2) is 0 Å². The number of amides is 1. The van der Waals surface area contributed by atoms with Crippen LogP contribution in [0, 0.1) is 6.92 Å². The zero-order valence-electron chi connectivity index (χ0n) is 16.1. The first-order valence-corrected chi connectivity index (χ1v) is 9.51. The van der Waals surface area contributed by atoms with Crippen LogP contribution < -0.4 is 5.32 Å². The molecule has 0 aliphatic rings. The van der Waals surface area contributed by atoms with Crippen molar-refractivity contribution < 1.29 is 4.79 Å². The van der Waals surface area contributed by atoms with Gasteiger partial charge < -0.3 is 5.32 Å². The SMILES string of the molecule is CCc1ccc(NC(=O)c2cc(-c3cccc(C)c3)nc3ccccc23)cc1. The van der Waals surface area contributed by atoms with Crippen LogP contribution in [0.2, 0.25) is 0 Å². The van der Waals surface area contributed by atoms with Gasteiger partial charge in [-0.15, -0.1) is 0 Å². The van der Waals surface area contributed by atoms with Crippen LogP contribution in [0.4, 0.5) is 5.69 Å². The minimum Gasteiger partial charge on any atom is -0.322 e. The lowest BCUT2D eigenvalue weighted by atomic mass is 10.0. The predicted molar refractivity (Wildman–Crippen MR) is 116 cm³/mol. The number of pyridine rings is 1. The Morgan fingerprint density at radius 1 is 0.929 bits per heavy atom. The summed E-state index contributed by atoms with van der Waals surface area (Å²) in [7, 11) is 0. The van der Waals surface area contributed by atoms with Crippen LogP contribution >= 0.6 is 0 Å². The number of nitrogens with zero attached hydrogens (tertiary/aromatic N) is 1. The van der Waals surface area contributed by atoms with Crippen molar-refractivity contribution in [2.24, 2.45) is 0 Å². The summed E-state index contributed by atoms with van der Waals surface area (Å²) in [5.74, 6) is -0.128. The van der Waals surface area contributed by atoms with E-state index in [1.807, 2.05) is 66.7 Å². The lowest BCUT2D eigenvalue weighted by Gasteiger charge is -2.11. The Hall–Kier alpha value is -3.46. The van der Waals surface area contributed by atoms with Gasteiger partial charge in [0, 0.05) is 16.6 Å². The number of aromatic nitrogens is 1. The van der Waals surface area contributed by atoms with Gasteiger partial charge in [-0.3, -0.25) is 4.79 Å². The average Bonchev–Trinajstić information content (AvgIpc) is 2.73. The summed E-state index contributed by atoms with van der Waals surface area (Å²) in [6, 6.07) is 25.8. The molecule has 0 unspecified atom stereocenters. The van der Waals surface area contributed by atoms with Crippen molar-refractivity contribution in [2.45, 2.75) is 20.3 Å². The van der Waals surface area contributed by atoms with E-state index in [4.69, 9.17) is 4.98 Å². The van der Waals surface area contributed by atoms with E-state index >= 15 is 0 Å². The molecular weight excluding hydrogens is 344 g/mol. The zero-order valence-corrected chi connectivity index (χ0v) is 16.1. The van der Waals surface area contributed by atoms with E-state index in [-0.39, 0.29) is 5.91 Å². The van der Waals surface area contributed by atoms with Crippen LogP contribution in [0.25, 0.3) is 22.2 Å². The Labute approximate surface area is 165 Å². The van der Waals surface area contributed by atoms with Crippen LogP contribution in [0.3, 0.4) is 0 Å². The molecule has 0 aliphatic carbocycles. The first kappa shape index (κ1) is 17.9. The van der Waals surface area contributed by atoms with Crippen LogP contribution in [-0.2, 0) is 6.42 Å². The van der Waals surface area contributed by atoms with Crippen molar-refractivity contribution in [3.8, 4) is 11.3 Å². The lowest BCUT2D eigenvalue weighted by Crippen LogP contribution is -2.13. The molecule has 1 amide bonds. The molecule has 0 saturated carbocycles. The second-order valence-corrected chi connectivity index (χ2v) is 6.95. The Morgan fingerprint density at radius 3 is 2.46 bits per heavy atom. The summed E-state index contributed by atoms with van der Waals surface area (Å²) < 4.78 is 0. The number of aryl methyl sites for hydroxylation is 2. The molecule has 4 rings (SSSR count). The van der Waals surface area contributed by atoms with Gasteiger partial charge in [-0.2, -0.15) is 0 Å². The van der Waals surface area contributed by atoms with E-state index in [1.54, 1.807) is 0 Å². The van der Waals surface area contributed by atoms with Gasteiger partial charge in [0.2, 0.25) is 0 Å². The Morgan fingerprint density at radius 2 is 1.71 bits per heavy atom. The number of para-hydroxylation sites is 1. The standard InChI is InChI=1S/C25H22N2O/c1-3-18-11-13-20(14-12-18)26-25(28)22-16-24(19-8-6-7-17(2)15-19)27-23-10-5-4-9-21(22)23/h4-16H,3H2,1-2H3,(H,26,28). The third-order valence-corrected chi connectivity index (χ3v) is 4.89. The van der Waals surface area contributed by atoms with Crippen molar-refractivity contribution in [1.82, 2.24) is 4.98 Å². The van der Waals surface area contributed by atoms with Crippen LogP contribution in [0.15, 0.2) is 78.9 Å². The fourth-order valence-corrected chi connectivity index (χ4v) is 3.34. The predicted octanol–water partition coefficient (Wildman–Crippen LogP) is 6.02. The number of hydrogen-bond donors (Lipinski definition) is 1. The maximum atomic E-state index is 13.1. The molecule has 0 spiro atoms. The molecule has 0 saturated heterocycles. The van der Waals surface area contributed by atoms with Crippen molar-refractivity contribution in [3.05, 3.63) is 95.6 Å². The van der Waals surface area contributed by atoms with Gasteiger partial charge in [-0.25, -0.2) is 4.98 Å². The maximum absolute atomic E-state index is 13.1. The van der Waals surface area contributed by atoms with E-state index in [1.165, 1.54) is 5.56 Å². The number of hydrogen-bond acceptors (Lipinski definition) is 2. The molecular formula is C25H22N2O. The molecule has 138 valence electrons. The summed E-state index contributed by atoms with van der Waals surface area (Å²) in [6.45, 7) is 4.17. The molecule has 0 radical (unpaired) electrons. The molecule has 3 nitrogen and oxygen atoms in total. The van der Waals surface area contributed by atoms with E-state index in [0.29, 0.717) is 5.56 Å². The van der Waals surface area contributed by atoms with Gasteiger partial charge in [0.25, 0.3) is 5.91 Å². The summed E-state index contributed by atoms with van der Waals surface area (Å²) in [5, 5.41) is 3.87. The van der Waals surface area contributed by atoms with Gasteiger partial charge in [-0.05, 0) is 49.2 Å². The number of anilines is 1. The molecule has 0 aliphatic heterocycles. The number of rotatable bonds is 4. The molecule has 0 atom stereocenters. The minimum absolute atomic E-state index is 0.128. The van der Waals surface area contributed by atoms with Crippen molar-refractivity contribution in [2.75, 3.05) is 5.32 Å². The number of nitrogens with one attached hydrogen (secondary N) is 1. The van der Waals surface area contributed by atoms with E-state index in [9.17, 15) is 4.79 Å². The monoisotopic (exact) mass is 366 g/mol. The van der Waals surface area contributed by atoms with Crippen molar-refractivity contribution >= 4 is 22.5 Å². The smallest absolute Gasteiger partial charge is 0.256 e. The Balaban J connectivity index is 1.77. The first-order valence-electron chi connectivity index (χ1n) is 9.51. The van der Waals surface area contributed by atoms with E-state index in [2.05, 4.69) is 31.3 Å². The van der Waals surface area contributed by atoms with Crippen molar-refractivity contribution in [3.63, 3.8) is 0 Å². The summed E-state index contributed by atoms with van der Waals surface area (Å²) >= 11 is 0. The third-order valence-electron chi connectivity index (χ3n) is 4.89. The lowest BCUT2D eigenvalue weighted by molar-refractivity contribution is 0.102. The largest absolute Gasteiger partial charge is 0.322 e. The van der Waals surface area contributed by atoms with Crippen LogP contribution in [0.1, 0.15) is 28.4 Å². The molecule has 28 heavy (non-hydrogen) atoms. The average molecular weight is 366 g/mol. The van der Waals surface area contributed by atoms with Crippen molar-refractivity contribution in [1.29, 1.82) is 0 Å². The molecule has 1 heterocycles. The highest BCUT2D eigenvalue weighted by molar-refractivity contribution is 6.13. The first-order chi connectivity index (χ1) is 13.6. The fourth-order valence-electron chi connectivity index (χ4n) is 3.34. The molecule has 3 heteroatoms. The normalized spacial score (nSPS) is 10.8. The summed E-state index contributed by atoms with van der Waals surface area (Å²) in [6.07, 6.45) is 0.975. The van der Waals surface area contributed by atoms with E-state index in [0.717, 1.165) is 39.8 Å². The quantitative estimate of drug-likeness (QED) is 0.479. The number of fused-ring (bicyclic) bond motifs is 1. The summed E-state index contributed by atoms with van der Waals surface area (Å²) in [4.78, 5) is 17.9. The van der Waals surface area contributed by atoms with Gasteiger partial charge in [0.05, 0.1) is 16.8 Å². The van der Waals surface area contributed by atoms with E-state index < -0.39 is 0 Å². The molecule has 3 aromatic carbocycles. The third kappa shape index (κ3) is 3.65. The topological polar surface area (TPSA) is 42.0 Å². The number of carbonyl (C=O) groups is 1. The molecule has 0 fully saturated rings. The van der Waals surface area contributed by atoms with Gasteiger partial charge in [-0.1, -0.05) is 61.0 Å². The highest BCUT2D eigenvalue weighted by atomic mass is 16.1. The molecule has 1 aromatic heterocycles. The molecule has 0 bridgehead atoms. The minimum atomic E-state index is -0.128. The Bertz CT molecular complexity index is 1150. The number of benzene rings is 3. The van der Waals surface area contributed by atoms with Gasteiger partial charge >= 0.3 is 0 Å². The second-order valence-electron chi connectivity index (χ2n) is 6.95. The fraction of sp³-hybridized carbons (Fsp3) is 0.120. The van der Waals surface area contributed by atoms with Crippen LogP contribution in [-0.4, -0.2) is 10.9 Å². The summed E-state index contributed by atoms with van der Waals surface area (Å²) in [5.41, 5.74) is 6.44. The molecule has 1 N–H and O–H groups in total. The molecule has 4 aromatic rings. The second kappa shape index (κ2) is 7.65. The van der Waals surface area contributed by atoms with Crippen LogP contribution in [0.5, 0.6) is 0 Å². The highest BCUT2D eigenvalue weighted by Crippen LogP contribution is 2.26. The van der Waals surface area contributed by atoms with Gasteiger partial charge in [0.1, 0.15) is 0 Å². The highest BCUT2D eigenvalue weighted by Gasteiger charge is 2.14. The Kier molecular flexibility index (Phi) is 4.90. The number of carbonyl (C=O) groups excluding carboxylic acids is 1. The maximum Gasteiger partial charge on any atom is 0.256 e.